The molecule has 0 heterocycles. The van der Waals surface area contributed by atoms with Gasteiger partial charge in [-0.2, -0.15) is 0 Å². The number of anilines is 2. The Morgan fingerprint density at radius 2 is 1.07 bits per heavy atom. The molecule has 2 fully saturated rings. The summed E-state index contributed by atoms with van der Waals surface area (Å²) in [5.41, 5.74) is 16.1. The Balaban J connectivity index is 1.17. The number of ether oxygens (including phenoxy) is 2. The van der Waals surface area contributed by atoms with Gasteiger partial charge in [0.2, 0.25) is 0 Å². The second-order valence-corrected chi connectivity index (χ2v) is 13.9. The van der Waals surface area contributed by atoms with Gasteiger partial charge in [0.1, 0.15) is 23.0 Å². The molecule has 0 aliphatic heterocycles. The largest absolute Gasteiger partial charge is 0.457 e. The molecule has 4 aromatic rings. The van der Waals surface area contributed by atoms with Gasteiger partial charge in [-0.25, -0.2) is 0 Å². The summed E-state index contributed by atoms with van der Waals surface area (Å²) in [6, 6.07) is 32.8. The van der Waals surface area contributed by atoms with Gasteiger partial charge in [0, 0.05) is 28.9 Å². The Morgan fingerprint density at radius 3 is 1.54 bits per heavy atom. The first-order chi connectivity index (χ1) is 22.5. The molecule has 0 amide bonds. The van der Waals surface area contributed by atoms with Crippen LogP contribution in [-0.4, -0.2) is 0 Å². The highest BCUT2D eigenvalue weighted by molar-refractivity contribution is 5.48. The molecule has 4 aromatic carbocycles. The molecular formula is C42H52N2O2. The van der Waals surface area contributed by atoms with Crippen molar-refractivity contribution in [3.63, 3.8) is 0 Å². The molecule has 2 saturated carbocycles. The van der Waals surface area contributed by atoms with Crippen LogP contribution in [0.5, 0.6) is 23.0 Å². The smallest absolute Gasteiger partial charge is 0.129 e. The second kappa shape index (κ2) is 15.1. The Hall–Kier alpha value is -3.92. The van der Waals surface area contributed by atoms with Gasteiger partial charge in [0.25, 0.3) is 0 Å². The van der Waals surface area contributed by atoms with Crippen LogP contribution in [0.15, 0.2) is 97.1 Å². The van der Waals surface area contributed by atoms with Crippen LogP contribution in [0.2, 0.25) is 0 Å². The van der Waals surface area contributed by atoms with Crippen LogP contribution >= 0.6 is 0 Å². The van der Waals surface area contributed by atoms with Crippen molar-refractivity contribution in [3.8, 4) is 23.0 Å². The van der Waals surface area contributed by atoms with Gasteiger partial charge >= 0.3 is 0 Å². The van der Waals surface area contributed by atoms with Crippen LogP contribution in [0.25, 0.3) is 0 Å². The predicted molar refractivity (Wildman–Crippen MR) is 192 cm³/mol. The van der Waals surface area contributed by atoms with E-state index >= 15 is 0 Å². The molecular weight excluding hydrogens is 564 g/mol. The standard InChI is InChI=1S/C42H52N2O2/c1-2-3-4-5-8-31-13-15-32(16-14-31)33-25-27-42(28-26-33,34-17-21-38(22-18-34)45-40-11-6-9-36(43)29-40)35-19-23-39(24-20-35)46-41-12-7-10-37(44)30-41/h6-7,9-12,17-24,29-33H,2-5,8,13-16,25-28,43-44H2,1H3/t31-,32+. The Kier molecular flexibility index (Phi) is 10.5. The van der Waals surface area contributed by atoms with Crippen LogP contribution in [0.3, 0.4) is 0 Å². The molecule has 0 spiro atoms. The first-order valence-corrected chi connectivity index (χ1v) is 17.8. The lowest BCUT2D eigenvalue weighted by Crippen LogP contribution is -2.35. The molecule has 0 saturated heterocycles. The summed E-state index contributed by atoms with van der Waals surface area (Å²) in [4.78, 5) is 0. The van der Waals surface area contributed by atoms with Crippen molar-refractivity contribution in [2.45, 2.75) is 95.8 Å². The third-order valence-corrected chi connectivity index (χ3v) is 10.9. The average Bonchev–Trinajstić information content (AvgIpc) is 3.08. The van der Waals surface area contributed by atoms with Gasteiger partial charge in [0.05, 0.1) is 0 Å². The first kappa shape index (κ1) is 32.0. The normalized spacial score (nSPS) is 19.8. The SMILES string of the molecule is CCCCCC[C@H]1CC[C@@H](C2CCC(c3ccc(Oc4cccc(N)c4)cc3)(c3ccc(Oc4cccc(N)c4)cc3)CC2)CC1. The maximum Gasteiger partial charge on any atom is 0.129 e. The lowest BCUT2D eigenvalue weighted by atomic mass is 9.60. The maximum absolute atomic E-state index is 6.16. The van der Waals surface area contributed by atoms with E-state index in [1.54, 1.807) is 0 Å². The van der Waals surface area contributed by atoms with Crippen LogP contribution in [0, 0.1) is 17.8 Å². The molecule has 2 aliphatic carbocycles. The second-order valence-electron chi connectivity index (χ2n) is 13.9. The molecule has 242 valence electrons. The third kappa shape index (κ3) is 7.89. The van der Waals surface area contributed by atoms with Gasteiger partial charge in [0.15, 0.2) is 0 Å². The van der Waals surface area contributed by atoms with Crippen molar-refractivity contribution >= 4 is 11.4 Å². The summed E-state index contributed by atoms with van der Waals surface area (Å²) in [6.07, 6.45) is 17.7. The number of benzene rings is 4. The van der Waals surface area contributed by atoms with Crippen molar-refractivity contribution in [1.82, 2.24) is 0 Å². The number of hydrogen-bond donors (Lipinski definition) is 2. The summed E-state index contributed by atoms with van der Waals surface area (Å²) in [5.74, 6) is 5.88. The predicted octanol–water partition coefficient (Wildman–Crippen LogP) is 11.7. The summed E-state index contributed by atoms with van der Waals surface area (Å²) in [6.45, 7) is 2.31. The maximum atomic E-state index is 6.16. The van der Waals surface area contributed by atoms with Gasteiger partial charge in [-0.1, -0.05) is 88.3 Å². The highest BCUT2D eigenvalue weighted by Crippen LogP contribution is 2.51. The van der Waals surface area contributed by atoms with E-state index < -0.39 is 0 Å². The van der Waals surface area contributed by atoms with Crippen LogP contribution in [-0.2, 0) is 5.41 Å². The highest BCUT2D eigenvalue weighted by atomic mass is 16.5. The molecule has 0 radical (unpaired) electrons. The minimum absolute atomic E-state index is 0.0294. The Morgan fingerprint density at radius 1 is 0.565 bits per heavy atom. The van der Waals surface area contributed by atoms with E-state index in [0.717, 1.165) is 40.8 Å². The van der Waals surface area contributed by atoms with E-state index in [-0.39, 0.29) is 5.41 Å². The topological polar surface area (TPSA) is 70.5 Å². The quantitative estimate of drug-likeness (QED) is 0.123. The van der Waals surface area contributed by atoms with Crippen molar-refractivity contribution in [3.05, 3.63) is 108 Å². The fourth-order valence-corrected chi connectivity index (χ4v) is 8.27. The molecule has 0 unspecified atom stereocenters. The zero-order valence-electron chi connectivity index (χ0n) is 27.6. The van der Waals surface area contributed by atoms with E-state index in [4.69, 9.17) is 20.9 Å². The average molecular weight is 617 g/mol. The zero-order chi connectivity index (χ0) is 31.8. The lowest BCUT2D eigenvalue weighted by Gasteiger charge is -2.44. The molecule has 4 nitrogen and oxygen atoms in total. The Labute approximate surface area is 276 Å². The van der Waals surface area contributed by atoms with E-state index in [0.29, 0.717) is 11.4 Å². The third-order valence-electron chi connectivity index (χ3n) is 10.9. The first-order valence-electron chi connectivity index (χ1n) is 17.8. The molecule has 0 bridgehead atoms. The van der Waals surface area contributed by atoms with E-state index in [1.807, 2.05) is 48.5 Å². The summed E-state index contributed by atoms with van der Waals surface area (Å²) >= 11 is 0. The van der Waals surface area contributed by atoms with Crippen LogP contribution < -0.4 is 20.9 Å². The van der Waals surface area contributed by atoms with E-state index in [1.165, 1.54) is 94.6 Å². The summed E-state index contributed by atoms with van der Waals surface area (Å²) in [7, 11) is 0. The zero-order valence-corrected chi connectivity index (χ0v) is 27.6. The number of nitrogens with two attached hydrogens (primary N) is 2. The molecule has 2 aliphatic rings. The molecule has 4 heteroatoms. The lowest BCUT2D eigenvalue weighted by molar-refractivity contribution is 0.140. The number of nitrogen functional groups attached to an aromatic ring is 2. The van der Waals surface area contributed by atoms with E-state index in [9.17, 15) is 0 Å². The van der Waals surface area contributed by atoms with Crippen molar-refractivity contribution in [1.29, 1.82) is 0 Å². The van der Waals surface area contributed by atoms with Crippen molar-refractivity contribution in [2.75, 3.05) is 11.5 Å². The minimum Gasteiger partial charge on any atom is -0.457 e. The fourth-order valence-electron chi connectivity index (χ4n) is 8.27. The van der Waals surface area contributed by atoms with E-state index in [2.05, 4.69) is 55.5 Å². The summed E-state index contributed by atoms with van der Waals surface area (Å²) < 4.78 is 12.3. The molecule has 4 N–H and O–H groups in total. The molecule has 46 heavy (non-hydrogen) atoms. The molecule has 0 atom stereocenters. The monoisotopic (exact) mass is 616 g/mol. The van der Waals surface area contributed by atoms with Crippen LogP contribution in [0.1, 0.15) is 102 Å². The molecule has 6 rings (SSSR count). The van der Waals surface area contributed by atoms with Gasteiger partial charge in [-0.05, 0) is 116 Å². The highest BCUT2D eigenvalue weighted by Gasteiger charge is 2.41. The minimum atomic E-state index is -0.0294. The number of unbranched alkanes of at least 4 members (excludes halogenated alkanes) is 3. The van der Waals surface area contributed by atoms with Crippen LogP contribution in [0.4, 0.5) is 11.4 Å². The van der Waals surface area contributed by atoms with Crippen molar-refractivity contribution in [2.24, 2.45) is 17.8 Å². The fraction of sp³-hybridized carbons (Fsp3) is 0.429. The Bertz CT molecular complexity index is 1420. The van der Waals surface area contributed by atoms with Gasteiger partial charge in [-0.3, -0.25) is 0 Å². The van der Waals surface area contributed by atoms with Gasteiger partial charge < -0.3 is 20.9 Å². The molecule has 0 aromatic heterocycles. The van der Waals surface area contributed by atoms with Crippen molar-refractivity contribution < 1.29 is 9.47 Å². The number of hydrogen-bond acceptors (Lipinski definition) is 4. The van der Waals surface area contributed by atoms with Gasteiger partial charge in [-0.15, -0.1) is 0 Å². The number of rotatable bonds is 12. The summed E-state index contributed by atoms with van der Waals surface area (Å²) in [5, 5.41) is 0.